The van der Waals surface area contributed by atoms with E-state index in [0.29, 0.717) is 22.3 Å². The van der Waals surface area contributed by atoms with Gasteiger partial charge in [0.2, 0.25) is 0 Å². The molecule has 0 aromatic heterocycles. The summed E-state index contributed by atoms with van der Waals surface area (Å²) in [6.07, 6.45) is 0. The molecule has 2 N–H and O–H groups in total. The van der Waals surface area contributed by atoms with Gasteiger partial charge in [0.15, 0.2) is 0 Å². The normalized spacial score (nSPS) is 20.2. The predicted molar refractivity (Wildman–Crippen MR) is 76.2 cm³/mol. The van der Waals surface area contributed by atoms with Gasteiger partial charge in [-0.25, -0.2) is 4.79 Å². The molecule has 0 heterocycles. The summed E-state index contributed by atoms with van der Waals surface area (Å²) in [7, 11) is 0. The number of benzene rings is 1. The molecule has 0 bridgehead atoms. The maximum absolute atomic E-state index is 10.9. The average molecular weight is 261 g/mol. The fourth-order valence-electron chi connectivity index (χ4n) is 3.02. The summed E-state index contributed by atoms with van der Waals surface area (Å²) in [5.74, 6) is -0.186. The molecule has 104 valence electrons. The van der Waals surface area contributed by atoms with E-state index in [4.69, 9.17) is 5.11 Å². The lowest BCUT2D eigenvalue weighted by Crippen LogP contribution is -2.19. The first kappa shape index (κ1) is 14.1. The van der Waals surface area contributed by atoms with Gasteiger partial charge >= 0.3 is 5.97 Å². The fourth-order valence-corrected chi connectivity index (χ4v) is 3.02. The molecule has 3 heteroatoms. The maximum Gasteiger partial charge on any atom is 0.335 e. The second-order valence-corrected chi connectivity index (χ2v) is 6.63. The minimum absolute atomic E-state index is 0.353. The Morgan fingerprint density at radius 1 is 1.26 bits per heavy atom. The molecule has 1 saturated carbocycles. The molecular formula is C16H23NO2. The van der Waals surface area contributed by atoms with Crippen LogP contribution < -0.4 is 5.32 Å². The van der Waals surface area contributed by atoms with Crippen LogP contribution in [0, 0.1) is 16.7 Å². The van der Waals surface area contributed by atoms with Gasteiger partial charge in [-0.15, -0.1) is 0 Å². The third-order valence-corrected chi connectivity index (χ3v) is 5.17. The molecular weight excluding hydrogens is 238 g/mol. The molecule has 2 rings (SSSR count). The minimum Gasteiger partial charge on any atom is -0.478 e. The molecule has 1 aliphatic carbocycles. The lowest BCUT2D eigenvalue weighted by Gasteiger charge is -2.07. The molecule has 0 radical (unpaired) electrons. The Labute approximate surface area is 115 Å². The Hall–Kier alpha value is -1.35. The number of carboxylic acids is 1. The van der Waals surface area contributed by atoms with E-state index in [-0.39, 0.29) is 0 Å². The van der Waals surface area contributed by atoms with E-state index < -0.39 is 5.97 Å². The first-order valence-electron chi connectivity index (χ1n) is 6.80. The van der Waals surface area contributed by atoms with Gasteiger partial charge in [0.05, 0.1) is 5.56 Å². The van der Waals surface area contributed by atoms with E-state index in [0.717, 1.165) is 18.7 Å². The Morgan fingerprint density at radius 2 is 1.89 bits per heavy atom. The van der Waals surface area contributed by atoms with Crippen LogP contribution >= 0.6 is 0 Å². The quantitative estimate of drug-likeness (QED) is 0.856. The van der Waals surface area contributed by atoms with Crippen LogP contribution in [0.2, 0.25) is 0 Å². The SMILES string of the molecule is CC1(C)C(CNCc2cccc(C(=O)O)c2)C1(C)C. The topological polar surface area (TPSA) is 49.3 Å². The molecule has 1 fully saturated rings. The van der Waals surface area contributed by atoms with Gasteiger partial charge < -0.3 is 10.4 Å². The summed E-state index contributed by atoms with van der Waals surface area (Å²) in [4.78, 5) is 10.9. The van der Waals surface area contributed by atoms with Crippen molar-refractivity contribution < 1.29 is 9.90 Å². The van der Waals surface area contributed by atoms with Crippen molar-refractivity contribution in [1.29, 1.82) is 0 Å². The average Bonchev–Trinajstić information content (AvgIpc) is 2.72. The molecule has 0 saturated heterocycles. The molecule has 3 nitrogen and oxygen atoms in total. The second kappa shape index (κ2) is 4.64. The smallest absolute Gasteiger partial charge is 0.335 e. The second-order valence-electron chi connectivity index (χ2n) is 6.63. The molecule has 1 aliphatic rings. The van der Waals surface area contributed by atoms with Crippen LogP contribution in [0.25, 0.3) is 0 Å². The highest BCUT2D eigenvalue weighted by atomic mass is 16.4. The zero-order chi connectivity index (χ0) is 14.3. The highest BCUT2D eigenvalue weighted by Crippen LogP contribution is 2.67. The van der Waals surface area contributed by atoms with Crippen LogP contribution in [-0.4, -0.2) is 17.6 Å². The molecule has 1 aromatic carbocycles. The predicted octanol–water partition coefficient (Wildman–Crippen LogP) is 3.16. The standard InChI is InChI=1S/C16H23NO2/c1-15(2)13(16(15,3)4)10-17-9-11-6-5-7-12(8-11)14(18)19/h5-8,13,17H,9-10H2,1-4H3,(H,18,19). The number of nitrogens with one attached hydrogen (secondary N) is 1. The first-order valence-corrected chi connectivity index (χ1v) is 6.80. The van der Waals surface area contributed by atoms with E-state index in [1.165, 1.54) is 0 Å². The zero-order valence-corrected chi connectivity index (χ0v) is 12.2. The van der Waals surface area contributed by atoms with E-state index in [1.54, 1.807) is 18.2 Å². The van der Waals surface area contributed by atoms with Gasteiger partial charge in [-0.3, -0.25) is 0 Å². The van der Waals surface area contributed by atoms with Crippen LogP contribution in [0.3, 0.4) is 0 Å². The van der Waals surface area contributed by atoms with E-state index in [9.17, 15) is 4.79 Å². The van der Waals surface area contributed by atoms with Gasteiger partial charge in [0.25, 0.3) is 0 Å². The van der Waals surface area contributed by atoms with Crippen molar-refractivity contribution in [2.24, 2.45) is 16.7 Å². The van der Waals surface area contributed by atoms with Crippen LogP contribution in [-0.2, 0) is 6.54 Å². The first-order chi connectivity index (χ1) is 8.76. The van der Waals surface area contributed by atoms with E-state index in [2.05, 4.69) is 33.0 Å². The number of aromatic carboxylic acids is 1. The molecule has 1 aromatic rings. The van der Waals surface area contributed by atoms with Gasteiger partial charge in [0, 0.05) is 6.54 Å². The van der Waals surface area contributed by atoms with Gasteiger partial charge in [-0.2, -0.15) is 0 Å². The largest absolute Gasteiger partial charge is 0.478 e. The summed E-state index contributed by atoms with van der Waals surface area (Å²) >= 11 is 0. The van der Waals surface area contributed by atoms with Gasteiger partial charge in [0.1, 0.15) is 0 Å². The molecule has 0 atom stereocenters. The fraction of sp³-hybridized carbons (Fsp3) is 0.562. The summed E-state index contributed by atoms with van der Waals surface area (Å²) in [5.41, 5.74) is 2.16. The lowest BCUT2D eigenvalue weighted by molar-refractivity contribution is 0.0696. The van der Waals surface area contributed by atoms with Crippen molar-refractivity contribution in [3.63, 3.8) is 0 Å². The van der Waals surface area contributed by atoms with Crippen molar-refractivity contribution >= 4 is 5.97 Å². The summed E-state index contributed by atoms with van der Waals surface area (Å²) in [5, 5.41) is 12.4. The van der Waals surface area contributed by atoms with Crippen LogP contribution in [0.4, 0.5) is 0 Å². The number of hydrogen-bond donors (Lipinski definition) is 2. The lowest BCUT2D eigenvalue weighted by atomic mass is 10.0. The minimum atomic E-state index is -0.869. The number of rotatable bonds is 5. The van der Waals surface area contributed by atoms with Crippen LogP contribution in [0.5, 0.6) is 0 Å². The van der Waals surface area contributed by atoms with Gasteiger partial charge in [-0.1, -0.05) is 39.8 Å². The Bertz CT molecular complexity index is 477. The highest BCUT2D eigenvalue weighted by Gasteiger charge is 2.63. The summed E-state index contributed by atoms with van der Waals surface area (Å²) in [6.45, 7) is 10.9. The Morgan fingerprint density at radius 3 is 2.42 bits per heavy atom. The van der Waals surface area contributed by atoms with Crippen LogP contribution in [0.15, 0.2) is 24.3 Å². The summed E-state index contributed by atoms with van der Waals surface area (Å²) < 4.78 is 0. The highest BCUT2D eigenvalue weighted by molar-refractivity contribution is 5.87. The molecule has 0 unspecified atom stereocenters. The van der Waals surface area contributed by atoms with E-state index in [1.807, 2.05) is 6.07 Å². The number of hydrogen-bond acceptors (Lipinski definition) is 2. The molecule has 0 aliphatic heterocycles. The van der Waals surface area contributed by atoms with E-state index >= 15 is 0 Å². The summed E-state index contributed by atoms with van der Waals surface area (Å²) in [6, 6.07) is 7.12. The van der Waals surface area contributed by atoms with Crippen molar-refractivity contribution in [2.75, 3.05) is 6.54 Å². The third-order valence-electron chi connectivity index (χ3n) is 5.17. The van der Waals surface area contributed by atoms with Crippen molar-refractivity contribution in [1.82, 2.24) is 5.32 Å². The molecule has 19 heavy (non-hydrogen) atoms. The number of carbonyl (C=O) groups is 1. The maximum atomic E-state index is 10.9. The number of carboxylic acid groups (broad SMARTS) is 1. The van der Waals surface area contributed by atoms with Crippen molar-refractivity contribution in [2.45, 2.75) is 34.2 Å². The third kappa shape index (κ3) is 2.52. The van der Waals surface area contributed by atoms with Crippen molar-refractivity contribution in [3.8, 4) is 0 Å². The monoisotopic (exact) mass is 261 g/mol. The molecule has 0 amide bonds. The van der Waals surface area contributed by atoms with Gasteiger partial charge in [-0.05, 0) is 41.0 Å². The Kier molecular flexibility index (Phi) is 3.43. The zero-order valence-electron chi connectivity index (χ0n) is 12.2. The van der Waals surface area contributed by atoms with Crippen LogP contribution in [0.1, 0.15) is 43.6 Å². The Balaban J connectivity index is 1.87. The van der Waals surface area contributed by atoms with Crippen molar-refractivity contribution in [3.05, 3.63) is 35.4 Å². The molecule has 0 spiro atoms.